The fraction of sp³-hybridized carbons (Fsp3) is 1.00. The third kappa shape index (κ3) is 6.98. The topological polar surface area (TPSA) is 0 Å². The van der Waals surface area contributed by atoms with Gasteiger partial charge in [-0.25, -0.2) is 0 Å². The molecular formula is C15H32. The fourth-order valence-corrected chi connectivity index (χ4v) is 2.37. The van der Waals surface area contributed by atoms with E-state index in [0.29, 0.717) is 0 Å². The first kappa shape index (κ1) is 15.0. The standard InChI is InChI=1S/C9H18.C6H14/c1-3-6-9(2)7-4-5-8-9;1-4-6(3)5-2/h3-8H2,1-2H3;6H,4-5H2,1-3H3. The zero-order chi connectivity index (χ0) is 11.7. The molecule has 1 aliphatic rings. The number of hydrogen-bond acceptors (Lipinski definition) is 0. The van der Waals surface area contributed by atoms with Crippen molar-refractivity contribution in [2.24, 2.45) is 11.3 Å². The van der Waals surface area contributed by atoms with E-state index in [-0.39, 0.29) is 0 Å². The van der Waals surface area contributed by atoms with Gasteiger partial charge in [0.2, 0.25) is 0 Å². The molecule has 0 atom stereocenters. The van der Waals surface area contributed by atoms with Crippen LogP contribution in [-0.4, -0.2) is 0 Å². The first-order chi connectivity index (χ1) is 7.08. The van der Waals surface area contributed by atoms with Gasteiger partial charge in [0.15, 0.2) is 0 Å². The molecule has 0 aliphatic heterocycles. The third-order valence-corrected chi connectivity index (χ3v) is 4.06. The minimum Gasteiger partial charge on any atom is -0.0654 e. The molecule has 0 saturated heterocycles. The first-order valence-electron chi connectivity index (χ1n) is 7.08. The second-order valence-corrected chi connectivity index (χ2v) is 5.69. The lowest BCUT2D eigenvalue weighted by molar-refractivity contribution is 0.305. The summed E-state index contributed by atoms with van der Waals surface area (Å²) in [5.41, 5.74) is 0.745. The Kier molecular flexibility index (Phi) is 8.19. The highest BCUT2D eigenvalue weighted by atomic mass is 14.3. The Labute approximate surface area is 97.8 Å². The molecule has 0 heterocycles. The van der Waals surface area contributed by atoms with Crippen LogP contribution in [0.3, 0.4) is 0 Å². The van der Waals surface area contributed by atoms with Crippen LogP contribution in [0.5, 0.6) is 0 Å². The van der Waals surface area contributed by atoms with Crippen LogP contribution in [-0.2, 0) is 0 Å². The van der Waals surface area contributed by atoms with Crippen molar-refractivity contribution in [1.82, 2.24) is 0 Å². The molecule has 0 amide bonds. The molecule has 0 aromatic carbocycles. The lowest BCUT2D eigenvalue weighted by atomic mass is 9.84. The molecule has 0 heteroatoms. The van der Waals surface area contributed by atoms with Crippen molar-refractivity contribution >= 4 is 0 Å². The summed E-state index contributed by atoms with van der Waals surface area (Å²) < 4.78 is 0. The van der Waals surface area contributed by atoms with Gasteiger partial charge < -0.3 is 0 Å². The van der Waals surface area contributed by atoms with E-state index in [4.69, 9.17) is 0 Å². The Morgan fingerprint density at radius 1 is 1.00 bits per heavy atom. The summed E-state index contributed by atoms with van der Waals surface area (Å²) >= 11 is 0. The Balaban J connectivity index is 0.000000288. The molecule has 0 aromatic heterocycles. The second kappa shape index (κ2) is 8.19. The van der Waals surface area contributed by atoms with E-state index >= 15 is 0 Å². The summed E-state index contributed by atoms with van der Waals surface area (Å²) in [5.74, 6) is 0.935. The van der Waals surface area contributed by atoms with Crippen LogP contribution in [0.2, 0.25) is 0 Å². The molecule has 0 bridgehead atoms. The summed E-state index contributed by atoms with van der Waals surface area (Å²) in [7, 11) is 0. The van der Waals surface area contributed by atoms with E-state index in [9.17, 15) is 0 Å². The van der Waals surface area contributed by atoms with Gasteiger partial charge in [0.1, 0.15) is 0 Å². The highest BCUT2D eigenvalue weighted by Gasteiger charge is 2.26. The molecule has 0 unspecified atom stereocenters. The van der Waals surface area contributed by atoms with Crippen molar-refractivity contribution in [3.63, 3.8) is 0 Å². The maximum atomic E-state index is 2.45. The SMILES string of the molecule is CCC(C)CC.CCCC1(C)CCCC1. The number of rotatable bonds is 4. The molecule has 0 radical (unpaired) electrons. The Morgan fingerprint density at radius 3 is 1.73 bits per heavy atom. The number of hydrogen-bond donors (Lipinski definition) is 0. The van der Waals surface area contributed by atoms with Crippen molar-refractivity contribution in [1.29, 1.82) is 0 Å². The summed E-state index contributed by atoms with van der Waals surface area (Å²) in [5, 5.41) is 0. The molecule has 92 valence electrons. The van der Waals surface area contributed by atoms with Gasteiger partial charge >= 0.3 is 0 Å². The van der Waals surface area contributed by atoms with Crippen LogP contribution in [0.25, 0.3) is 0 Å². The summed E-state index contributed by atoms with van der Waals surface area (Å²) in [6, 6.07) is 0. The molecule has 0 aromatic rings. The van der Waals surface area contributed by atoms with Gasteiger partial charge in [-0.05, 0) is 30.6 Å². The average Bonchev–Trinajstić information content (AvgIpc) is 2.65. The maximum absolute atomic E-state index is 2.45. The van der Waals surface area contributed by atoms with E-state index in [1.54, 1.807) is 0 Å². The van der Waals surface area contributed by atoms with Crippen molar-refractivity contribution in [3.05, 3.63) is 0 Å². The Hall–Kier alpha value is 0. The normalized spacial score (nSPS) is 18.8. The zero-order valence-corrected chi connectivity index (χ0v) is 11.7. The van der Waals surface area contributed by atoms with E-state index in [0.717, 1.165) is 11.3 Å². The smallest absolute Gasteiger partial charge is 0.0326 e. The molecule has 1 fully saturated rings. The van der Waals surface area contributed by atoms with Crippen LogP contribution < -0.4 is 0 Å². The molecule has 1 saturated carbocycles. The monoisotopic (exact) mass is 212 g/mol. The Bertz CT molecular complexity index is 127. The van der Waals surface area contributed by atoms with Gasteiger partial charge in [-0.15, -0.1) is 0 Å². The van der Waals surface area contributed by atoms with Gasteiger partial charge in [0, 0.05) is 0 Å². The van der Waals surface area contributed by atoms with E-state index < -0.39 is 0 Å². The molecule has 1 rings (SSSR count). The van der Waals surface area contributed by atoms with Gasteiger partial charge in [-0.3, -0.25) is 0 Å². The minimum absolute atomic E-state index is 0.745. The molecule has 0 spiro atoms. The fourth-order valence-electron chi connectivity index (χ4n) is 2.37. The maximum Gasteiger partial charge on any atom is -0.0326 e. The van der Waals surface area contributed by atoms with Crippen molar-refractivity contribution in [2.45, 2.75) is 86.0 Å². The van der Waals surface area contributed by atoms with Gasteiger partial charge in [0.05, 0.1) is 0 Å². The first-order valence-corrected chi connectivity index (χ1v) is 7.08. The molecule has 15 heavy (non-hydrogen) atoms. The van der Waals surface area contributed by atoms with Crippen LogP contribution in [0, 0.1) is 11.3 Å². The van der Waals surface area contributed by atoms with Crippen LogP contribution in [0.1, 0.15) is 86.0 Å². The van der Waals surface area contributed by atoms with Crippen LogP contribution in [0.15, 0.2) is 0 Å². The van der Waals surface area contributed by atoms with E-state index in [2.05, 4.69) is 34.6 Å². The Morgan fingerprint density at radius 2 is 1.47 bits per heavy atom. The predicted octanol–water partition coefficient (Wildman–Crippen LogP) is 5.81. The molecule has 1 aliphatic carbocycles. The van der Waals surface area contributed by atoms with Gasteiger partial charge in [-0.1, -0.05) is 66.7 Å². The lowest BCUT2D eigenvalue weighted by Crippen LogP contribution is -2.09. The average molecular weight is 212 g/mol. The summed E-state index contributed by atoms with van der Waals surface area (Å²) in [6.45, 7) is 11.5. The molecular weight excluding hydrogens is 180 g/mol. The van der Waals surface area contributed by atoms with Crippen molar-refractivity contribution in [2.75, 3.05) is 0 Å². The largest absolute Gasteiger partial charge is 0.0654 e. The zero-order valence-electron chi connectivity index (χ0n) is 11.7. The lowest BCUT2D eigenvalue weighted by Gasteiger charge is -2.21. The second-order valence-electron chi connectivity index (χ2n) is 5.69. The van der Waals surface area contributed by atoms with Crippen LogP contribution >= 0.6 is 0 Å². The predicted molar refractivity (Wildman–Crippen MR) is 71.2 cm³/mol. The molecule has 0 nitrogen and oxygen atoms in total. The minimum atomic E-state index is 0.745. The highest BCUT2D eigenvalue weighted by molar-refractivity contribution is 4.79. The van der Waals surface area contributed by atoms with Crippen molar-refractivity contribution in [3.8, 4) is 0 Å². The van der Waals surface area contributed by atoms with Gasteiger partial charge in [-0.2, -0.15) is 0 Å². The quantitative estimate of drug-likeness (QED) is 0.551. The highest BCUT2D eigenvalue weighted by Crippen LogP contribution is 2.40. The third-order valence-electron chi connectivity index (χ3n) is 4.06. The van der Waals surface area contributed by atoms with Crippen molar-refractivity contribution < 1.29 is 0 Å². The summed E-state index contributed by atoms with van der Waals surface area (Å²) in [6.07, 6.45) is 11.4. The van der Waals surface area contributed by atoms with Gasteiger partial charge in [0.25, 0.3) is 0 Å². The van der Waals surface area contributed by atoms with E-state index in [1.165, 1.54) is 51.4 Å². The van der Waals surface area contributed by atoms with Crippen LogP contribution in [0.4, 0.5) is 0 Å². The molecule has 0 N–H and O–H groups in total. The van der Waals surface area contributed by atoms with E-state index in [1.807, 2.05) is 0 Å². The summed E-state index contributed by atoms with van der Waals surface area (Å²) in [4.78, 5) is 0.